The van der Waals surface area contributed by atoms with Gasteiger partial charge in [-0.3, -0.25) is 19.2 Å². The zero-order chi connectivity index (χ0) is 26.0. The minimum atomic E-state index is -1.26. The molecule has 0 fully saturated rings. The van der Waals surface area contributed by atoms with Gasteiger partial charge in [-0.05, 0) is 12.5 Å². The van der Waals surface area contributed by atoms with E-state index >= 15 is 0 Å². The third kappa shape index (κ3) is 8.89. The standard InChI is InChI=1S/C22H29N7O6/c1-12(19(31)29-17(22(34)35)7-13-5-3-2-4-6-13)27-21(33)16(8-14-10-25-11-26-14)28-20(32)15(23)9-18(24)30/h2-6,10-12,15-17H,7-9,23H2,1H3,(H2,24,30)(H,25,26)(H,27,33)(H,28,32)(H,29,31)(H,34,35). The molecule has 0 saturated heterocycles. The number of amides is 4. The molecule has 0 bridgehead atoms. The predicted octanol–water partition coefficient (Wildman–Crippen LogP) is -2.04. The van der Waals surface area contributed by atoms with Crippen molar-refractivity contribution < 1.29 is 29.1 Å². The van der Waals surface area contributed by atoms with Crippen LogP contribution in [0.25, 0.3) is 0 Å². The molecule has 1 aromatic carbocycles. The van der Waals surface area contributed by atoms with E-state index in [1.807, 2.05) is 0 Å². The largest absolute Gasteiger partial charge is 0.480 e. The van der Waals surface area contributed by atoms with E-state index in [-0.39, 0.29) is 12.8 Å². The summed E-state index contributed by atoms with van der Waals surface area (Å²) in [5, 5.41) is 16.8. The van der Waals surface area contributed by atoms with E-state index in [9.17, 15) is 29.1 Å². The Morgan fingerprint density at radius 2 is 1.63 bits per heavy atom. The minimum absolute atomic E-state index is 0.0129. The van der Waals surface area contributed by atoms with Gasteiger partial charge in [0.15, 0.2) is 0 Å². The van der Waals surface area contributed by atoms with Crippen LogP contribution < -0.4 is 27.4 Å². The second-order valence-electron chi connectivity index (χ2n) is 7.94. The third-order valence-corrected chi connectivity index (χ3v) is 5.02. The summed E-state index contributed by atoms with van der Waals surface area (Å²) < 4.78 is 0. The molecule has 0 saturated carbocycles. The molecule has 0 aliphatic rings. The molecule has 4 unspecified atom stereocenters. The average molecular weight is 488 g/mol. The van der Waals surface area contributed by atoms with Gasteiger partial charge >= 0.3 is 5.97 Å². The molecular formula is C22H29N7O6. The minimum Gasteiger partial charge on any atom is -0.480 e. The molecule has 0 spiro atoms. The topological polar surface area (TPSA) is 222 Å². The van der Waals surface area contributed by atoms with Crippen LogP contribution in [0.1, 0.15) is 24.6 Å². The van der Waals surface area contributed by atoms with Crippen LogP contribution in [0.15, 0.2) is 42.9 Å². The number of nitrogens with zero attached hydrogens (tertiary/aromatic N) is 1. The van der Waals surface area contributed by atoms with Crippen molar-refractivity contribution in [3.8, 4) is 0 Å². The summed E-state index contributed by atoms with van der Waals surface area (Å²) in [6.07, 6.45) is 2.47. The number of hydrogen-bond acceptors (Lipinski definition) is 7. The molecule has 0 radical (unpaired) electrons. The maximum absolute atomic E-state index is 12.9. The second kappa shape index (κ2) is 12.8. The molecule has 35 heavy (non-hydrogen) atoms. The van der Waals surface area contributed by atoms with Gasteiger partial charge in [0.1, 0.15) is 18.1 Å². The average Bonchev–Trinajstić information content (AvgIpc) is 3.31. The molecule has 4 atom stereocenters. The number of aromatic amines is 1. The quantitative estimate of drug-likeness (QED) is 0.166. The van der Waals surface area contributed by atoms with Gasteiger partial charge < -0.3 is 37.5 Å². The number of primary amides is 1. The number of carbonyl (C=O) groups is 5. The number of H-pyrrole nitrogens is 1. The van der Waals surface area contributed by atoms with Crippen LogP contribution in [0.2, 0.25) is 0 Å². The van der Waals surface area contributed by atoms with Crippen molar-refractivity contribution in [1.29, 1.82) is 0 Å². The van der Waals surface area contributed by atoms with Gasteiger partial charge in [0.05, 0.1) is 18.8 Å². The Hall–Kier alpha value is -4.26. The number of carboxylic acid groups (broad SMARTS) is 1. The number of hydrogen-bond donors (Lipinski definition) is 7. The number of nitrogens with two attached hydrogens (primary N) is 2. The van der Waals surface area contributed by atoms with Crippen LogP contribution in [-0.2, 0) is 36.8 Å². The molecule has 9 N–H and O–H groups in total. The fraction of sp³-hybridized carbons (Fsp3) is 0.364. The molecule has 13 nitrogen and oxygen atoms in total. The first-order valence-corrected chi connectivity index (χ1v) is 10.8. The summed E-state index contributed by atoms with van der Waals surface area (Å²) in [5.41, 5.74) is 11.9. The highest BCUT2D eigenvalue weighted by Crippen LogP contribution is 2.05. The van der Waals surface area contributed by atoms with E-state index in [0.717, 1.165) is 0 Å². The monoisotopic (exact) mass is 487 g/mol. The summed E-state index contributed by atoms with van der Waals surface area (Å²) in [6, 6.07) is 3.99. The molecular weight excluding hydrogens is 458 g/mol. The lowest BCUT2D eigenvalue weighted by Crippen LogP contribution is -2.57. The first-order valence-electron chi connectivity index (χ1n) is 10.8. The first kappa shape index (κ1) is 27.0. The predicted molar refractivity (Wildman–Crippen MR) is 123 cm³/mol. The Labute approximate surface area is 201 Å². The maximum atomic E-state index is 12.9. The summed E-state index contributed by atoms with van der Waals surface area (Å²) in [4.78, 5) is 67.2. The van der Waals surface area contributed by atoms with Crippen molar-refractivity contribution in [2.24, 2.45) is 11.5 Å². The molecule has 13 heteroatoms. The molecule has 4 amide bonds. The van der Waals surface area contributed by atoms with Crippen molar-refractivity contribution in [1.82, 2.24) is 25.9 Å². The number of nitrogens with one attached hydrogen (secondary N) is 4. The maximum Gasteiger partial charge on any atom is 0.326 e. The fourth-order valence-electron chi connectivity index (χ4n) is 3.14. The lowest BCUT2D eigenvalue weighted by molar-refractivity contribution is -0.142. The van der Waals surface area contributed by atoms with E-state index < -0.39 is 60.2 Å². The van der Waals surface area contributed by atoms with Gasteiger partial charge in [0.25, 0.3) is 0 Å². The van der Waals surface area contributed by atoms with Crippen LogP contribution in [-0.4, -0.2) is 68.8 Å². The van der Waals surface area contributed by atoms with E-state index in [1.165, 1.54) is 19.4 Å². The Kier molecular flexibility index (Phi) is 9.90. The highest BCUT2D eigenvalue weighted by molar-refractivity contribution is 5.95. The van der Waals surface area contributed by atoms with Crippen LogP contribution in [0.4, 0.5) is 0 Å². The molecule has 0 aliphatic heterocycles. The van der Waals surface area contributed by atoms with Gasteiger partial charge in [0.2, 0.25) is 23.6 Å². The van der Waals surface area contributed by atoms with Crippen molar-refractivity contribution in [2.45, 2.75) is 50.4 Å². The lowest BCUT2D eigenvalue weighted by atomic mass is 10.1. The van der Waals surface area contributed by atoms with Gasteiger partial charge in [-0.1, -0.05) is 30.3 Å². The van der Waals surface area contributed by atoms with Gasteiger partial charge in [-0.15, -0.1) is 0 Å². The van der Waals surface area contributed by atoms with Crippen LogP contribution in [0, 0.1) is 0 Å². The van der Waals surface area contributed by atoms with E-state index in [0.29, 0.717) is 11.3 Å². The summed E-state index contributed by atoms with van der Waals surface area (Å²) in [5.74, 6) is -4.24. The number of aromatic nitrogens is 2. The molecule has 1 aromatic heterocycles. The van der Waals surface area contributed by atoms with Gasteiger partial charge in [-0.2, -0.15) is 0 Å². The van der Waals surface area contributed by atoms with E-state index in [4.69, 9.17) is 11.5 Å². The molecule has 0 aliphatic carbocycles. The lowest BCUT2D eigenvalue weighted by Gasteiger charge is -2.23. The first-order chi connectivity index (χ1) is 16.6. The van der Waals surface area contributed by atoms with Crippen molar-refractivity contribution >= 4 is 29.6 Å². The number of benzene rings is 1. The van der Waals surface area contributed by atoms with Crippen LogP contribution in [0.3, 0.4) is 0 Å². The number of aliphatic carboxylic acids is 1. The van der Waals surface area contributed by atoms with Gasteiger partial charge in [0, 0.05) is 24.7 Å². The van der Waals surface area contributed by atoms with Crippen LogP contribution >= 0.6 is 0 Å². The van der Waals surface area contributed by atoms with E-state index in [2.05, 4.69) is 25.9 Å². The van der Waals surface area contributed by atoms with Crippen molar-refractivity contribution in [3.63, 3.8) is 0 Å². The van der Waals surface area contributed by atoms with Crippen LogP contribution in [0.5, 0.6) is 0 Å². The zero-order valence-corrected chi connectivity index (χ0v) is 19.1. The number of carboxylic acids is 1. The zero-order valence-electron chi connectivity index (χ0n) is 19.1. The van der Waals surface area contributed by atoms with E-state index in [1.54, 1.807) is 30.3 Å². The molecule has 2 rings (SSSR count). The molecule has 2 aromatic rings. The molecule has 1 heterocycles. The number of rotatable bonds is 13. The normalized spacial score (nSPS) is 14.1. The molecule has 188 valence electrons. The number of carbonyl (C=O) groups excluding carboxylic acids is 4. The fourth-order valence-corrected chi connectivity index (χ4v) is 3.14. The second-order valence-corrected chi connectivity index (χ2v) is 7.94. The van der Waals surface area contributed by atoms with Crippen molar-refractivity contribution in [3.05, 3.63) is 54.1 Å². The summed E-state index contributed by atoms with van der Waals surface area (Å²) in [7, 11) is 0. The highest BCUT2D eigenvalue weighted by atomic mass is 16.4. The Bertz CT molecular complexity index is 1030. The Morgan fingerprint density at radius 3 is 2.20 bits per heavy atom. The Balaban J connectivity index is 2.04. The highest BCUT2D eigenvalue weighted by Gasteiger charge is 2.29. The summed E-state index contributed by atoms with van der Waals surface area (Å²) >= 11 is 0. The van der Waals surface area contributed by atoms with Crippen molar-refractivity contribution in [2.75, 3.05) is 0 Å². The summed E-state index contributed by atoms with van der Waals surface area (Å²) in [6.45, 7) is 1.38. The Morgan fingerprint density at radius 1 is 0.971 bits per heavy atom. The van der Waals surface area contributed by atoms with Gasteiger partial charge in [-0.25, -0.2) is 9.78 Å². The third-order valence-electron chi connectivity index (χ3n) is 5.02. The smallest absolute Gasteiger partial charge is 0.326 e. The number of imidazole rings is 1. The SMILES string of the molecule is CC(NC(=O)C(Cc1cnc[nH]1)NC(=O)C(N)CC(N)=O)C(=O)NC(Cc1ccccc1)C(=O)O.